The number of aliphatic hydroxyl groups is 1. The second-order valence-corrected chi connectivity index (χ2v) is 4.85. The Morgan fingerprint density at radius 3 is 2.50 bits per heavy atom. The van der Waals surface area contributed by atoms with E-state index in [2.05, 4.69) is 5.32 Å². The highest BCUT2D eigenvalue weighted by molar-refractivity contribution is 5.76. The zero-order chi connectivity index (χ0) is 12.2. The molecule has 0 aromatic rings. The second kappa shape index (κ2) is 5.30. The van der Waals surface area contributed by atoms with Gasteiger partial charge < -0.3 is 15.5 Å². The van der Waals surface area contributed by atoms with E-state index in [9.17, 15) is 14.7 Å². The van der Waals surface area contributed by atoms with E-state index in [4.69, 9.17) is 5.11 Å². The Morgan fingerprint density at radius 1 is 1.44 bits per heavy atom. The Bertz CT molecular complexity index is 271. The van der Waals surface area contributed by atoms with Gasteiger partial charge in [-0.25, -0.2) is 0 Å². The van der Waals surface area contributed by atoms with E-state index in [1.54, 1.807) is 0 Å². The van der Waals surface area contributed by atoms with Gasteiger partial charge in [-0.2, -0.15) is 0 Å². The Labute approximate surface area is 94.8 Å². The summed E-state index contributed by atoms with van der Waals surface area (Å²) in [6.45, 7) is 1.40. The van der Waals surface area contributed by atoms with E-state index in [0.29, 0.717) is 12.3 Å². The van der Waals surface area contributed by atoms with Crippen LogP contribution in [0.5, 0.6) is 0 Å². The first-order chi connectivity index (χ1) is 7.39. The zero-order valence-electron chi connectivity index (χ0n) is 9.53. The number of carbonyl (C=O) groups is 2. The van der Waals surface area contributed by atoms with E-state index in [0.717, 1.165) is 12.8 Å². The fraction of sp³-hybridized carbons (Fsp3) is 0.818. The quantitative estimate of drug-likeness (QED) is 0.619. The van der Waals surface area contributed by atoms with Crippen molar-refractivity contribution in [2.45, 2.75) is 44.6 Å². The lowest BCUT2D eigenvalue weighted by Gasteiger charge is -2.26. The van der Waals surface area contributed by atoms with Crippen LogP contribution in [0.1, 0.15) is 39.0 Å². The van der Waals surface area contributed by atoms with Crippen molar-refractivity contribution in [3.63, 3.8) is 0 Å². The standard InChI is InChI=1S/C11H19NO4/c1-11(16,6-10(14)15)7-12-9(13)5-8-3-2-4-8/h8,16H,2-7H2,1H3,(H,12,13)(H,14,15). The summed E-state index contributed by atoms with van der Waals surface area (Å²) in [5, 5.41) is 20.8. The van der Waals surface area contributed by atoms with Crippen LogP contribution < -0.4 is 5.32 Å². The van der Waals surface area contributed by atoms with Crippen molar-refractivity contribution in [3.05, 3.63) is 0 Å². The molecule has 1 aliphatic rings. The highest BCUT2D eigenvalue weighted by Crippen LogP contribution is 2.29. The van der Waals surface area contributed by atoms with E-state index in [1.807, 2.05) is 0 Å². The summed E-state index contributed by atoms with van der Waals surface area (Å²) >= 11 is 0. The lowest BCUT2D eigenvalue weighted by Crippen LogP contribution is -2.42. The molecule has 0 spiro atoms. The number of amides is 1. The van der Waals surface area contributed by atoms with E-state index in [-0.39, 0.29) is 18.9 Å². The van der Waals surface area contributed by atoms with E-state index in [1.165, 1.54) is 13.3 Å². The number of rotatable bonds is 6. The number of carboxylic acids is 1. The van der Waals surface area contributed by atoms with Crippen LogP contribution in [0.2, 0.25) is 0 Å². The lowest BCUT2D eigenvalue weighted by atomic mass is 9.83. The first kappa shape index (κ1) is 13.0. The minimum absolute atomic E-state index is 0.00907. The molecule has 1 amide bonds. The van der Waals surface area contributed by atoms with Crippen LogP contribution in [0.4, 0.5) is 0 Å². The highest BCUT2D eigenvalue weighted by Gasteiger charge is 2.26. The normalized spacial score (nSPS) is 19.6. The van der Waals surface area contributed by atoms with Gasteiger partial charge in [0.05, 0.1) is 12.0 Å². The third-order valence-corrected chi connectivity index (χ3v) is 2.90. The molecule has 1 rings (SSSR count). The predicted octanol–water partition coefficient (Wildman–Crippen LogP) is 0.518. The molecule has 3 N–H and O–H groups in total. The Kier molecular flexibility index (Phi) is 4.29. The van der Waals surface area contributed by atoms with Gasteiger partial charge >= 0.3 is 5.97 Å². The number of hydrogen-bond acceptors (Lipinski definition) is 3. The summed E-state index contributed by atoms with van der Waals surface area (Å²) in [6.07, 6.45) is 3.51. The largest absolute Gasteiger partial charge is 0.481 e. The average Bonchev–Trinajstić information content (AvgIpc) is 2.06. The number of nitrogens with one attached hydrogen (secondary N) is 1. The van der Waals surface area contributed by atoms with Crippen molar-refractivity contribution in [1.29, 1.82) is 0 Å². The van der Waals surface area contributed by atoms with Crippen molar-refractivity contribution >= 4 is 11.9 Å². The maximum atomic E-state index is 11.4. The second-order valence-electron chi connectivity index (χ2n) is 4.85. The number of hydrogen-bond donors (Lipinski definition) is 3. The summed E-state index contributed by atoms with van der Waals surface area (Å²) < 4.78 is 0. The maximum absolute atomic E-state index is 11.4. The highest BCUT2D eigenvalue weighted by atomic mass is 16.4. The molecule has 16 heavy (non-hydrogen) atoms. The van der Waals surface area contributed by atoms with Crippen molar-refractivity contribution in [2.24, 2.45) is 5.92 Å². The summed E-state index contributed by atoms with van der Waals surface area (Å²) in [4.78, 5) is 21.8. The molecule has 0 radical (unpaired) electrons. The van der Waals surface area contributed by atoms with Crippen molar-refractivity contribution in [2.75, 3.05) is 6.54 Å². The maximum Gasteiger partial charge on any atom is 0.306 e. The smallest absolute Gasteiger partial charge is 0.306 e. The summed E-state index contributed by atoms with van der Waals surface area (Å²) in [5.74, 6) is -0.696. The molecule has 0 heterocycles. The van der Waals surface area contributed by atoms with Gasteiger partial charge in [0.1, 0.15) is 0 Å². The molecule has 5 heteroatoms. The van der Waals surface area contributed by atoms with Gasteiger partial charge in [-0.15, -0.1) is 0 Å². The van der Waals surface area contributed by atoms with Crippen LogP contribution in [-0.2, 0) is 9.59 Å². The SMILES string of the molecule is CC(O)(CNC(=O)CC1CCC1)CC(=O)O. The number of carboxylic acid groups (broad SMARTS) is 1. The first-order valence-corrected chi connectivity index (χ1v) is 5.60. The minimum Gasteiger partial charge on any atom is -0.481 e. The van der Waals surface area contributed by atoms with Crippen LogP contribution in [0, 0.1) is 5.92 Å². The van der Waals surface area contributed by atoms with Gasteiger partial charge in [0.2, 0.25) is 5.91 Å². The van der Waals surface area contributed by atoms with Gasteiger partial charge in [-0.3, -0.25) is 9.59 Å². The molecule has 5 nitrogen and oxygen atoms in total. The van der Waals surface area contributed by atoms with Crippen LogP contribution >= 0.6 is 0 Å². The third-order valence-electron chi connectivity index (χ3n) is 2.90. The van der Waals surface area contributed by atoms with E-state index >= 15 is 0 Å². The van der Waals surface area contributed by atoms with Gasteiger partial charge in [-0.05, 0) is 25.7 Å². The average molecular weight is 229 g/mol. The Balaban J connectivity index is 2.21. The van der Waals surface area contributed by atoms with Crippen LogP contribution in [0.15, 0.2) is 0 Å². The van der Waals surface area contributed by atoms with Gasteiger partial charge in [-0.1, -0.05) is 6.42 Å². The molecular weight excluding hydrogens is 210 g/mol. The molecule has 0 aromatic carbocycles. The summed E-state index contributed by atoms with van der Waals surface area (Å²) in [7, 11) is 0. The molecule has 92 valence electrons. The molecule has 1 aliphatic carbocycles. The molecule has 0 bridgehead atoms. The fourth-order valence-corrected chi connectivity index (χ4v) is 1.71. The van der Waals surface area contributed by atoms with Crippen LogP contribution in [0.3, 0.4) is 0 Å². The fourth-order valence-electron chi connectivity index (χ4n) is 1.71. The molecule has 1 fully saturated rings. The zero-order valence-corrected chi connectivity index (χ0v) is 9.53. The number of carbonyl (C=O) groups excluding carboxylic acids is 1. The van der Waals surface area contributed by atoms with Gasteiger partial charge in [0.25, 0.3) is 0 Å². The molecule has 1 unspecified atom stereocenters. The molecule has 1 atom stereocenters. The van der Waals surface area contributed by atoms with Crippen molar-refractivity contribution in [3.8, 4) is 0 Å². The molecular formula is C11H19NO4. The first-order valence-electron chi connectivity index (χ1n) is 5.60. The van der Waals surface area contributed by atoms with E-state index < -0.39 is 11.6 Å². The molecule has 1 saturated carbocycles. The van der Waals surface area contributed by atoms with Gasteiger partial charge in [0, 0.05) is 13.0 Å². The predicted molar refractivity (Wildman–Crippen MR) is 57.8 cm³/mol. The molecule has 0 saturated heterocycles. The summed E-state index contributed by atoms with van der Waals surface area (Å²) in [6, 6.07) is 0. The van der Waals surface area contributed by atoms with Crippen LogP contribution in [-0.4, -0.2) is 34.2 Å². The van der Waals surface area contributed by atoms with Gasteiger partial charge in [0.15, 0.2) is 0 Å². The van der Waals surface area contributed by atoms with Crippen molar-refractivity contribution in [1.82, 2.24) is 5.32 Å². The van der Waals surface area contributed by atoms with Crippen molar-refractivity contribution < 1.29 is 19.8 Å². The third kappa shape index (κ3) is 4.61. The van der Waals surface area contributed by atoms with Crippen LogP contribution in [0.25, 0.3) is 0 Å². The summed E-state index contributed by atoms with van der Waals surface area (Å²) in [5.41, 5.74) is -1.37. The Hall–Kier alpha value is -1.10. The monoisotopic (exact) mass is 229 g/mol. The lowest BCUT2D eigenvalue weighted by molar-refractivity contribution is -0.142. The minimum atomic E-state index is -1.37. The molecule has 0 aromatic heterocycles. The Morgan fingerprint density at radius 2 is 2.06 bits per heavy atom. The molecule has 0 aliphatic heterocycles. The topological polar surface area (TPSA) is 86.6 Å². The number of aliphatic carboxylic acids is 1.